The fraction of sp³-hybridized carbons (Fsp3) is 0.214. The maximum Gasteiger partial charge on any atom is 0.317 e. The summed E-state index contributed by atoms with van der Waals surface area (Å²) in [5.41, 5.74) is 2.65. The van der Waals surface area contributed by atoms with Gasteiger partial charge in [-0.05, 0) is 30.2 Å². The van der Waals surface area contributed by atoms with Gasteiger partial charge in [-0.3, -0.25) is 4.79 Å². The summed E-state index contributed by atoms with van der Waals surface area (Å²) in [7, 11) is 1.86. The summed E-state index contributed by atoms with van der Waals surface area (Å²) in [5.74, 6) is -1.42. The first kappa shape index (κ1) is 11.5. The Hall–Kier alpha value is -2.03. The van der Waals surface area contributed by atoms with Crippen LogP contribution in [-0.4, -0.2) is 15.6 Å². The van der Waals surface area contributed by atoms with Crippen LogP contribution in [0.25, 0.3) is 0 Å². The lowest BCUT2D eigenvalue weighted by Crippen LogP contribution is -2.17. The van der Waals surface area contributed by atoms with Crippen molar-refractivity contribution in [3.05, 3.63) is 59.4 Å². The van der Waals surface area contributed by atoms with E-state index in [1.165, 1.54) is 0 Å². The molecule has 2 aromatic rings. The van der Waals surface area contributed by atoms with Crippen LogP contribution in [0, 0.1) is 6.92 Å². The Bertz CT molecular complexity index is 543. The Labute approximate surface area is 100 Å². The maximum atomic E-state index is 11.5. The van der Waals surface area contributed by atoms with Gasteiger partial charge in [0.15, 0.2) is 0 Å². The predicted molar refractivity (Wildman–Crippen MR) is 66.1 cm³/mol. The quantitative estimate of drug-likeness (QED) is 0.878. The van der Waals surface area contributed by atoms with E-state index in [0.717, 1.165) is 16.8 Å². The Morgan fingerprint density at radius 3 is 2.47 bits per heavy atom. The van der Waals surface area contributed by atoms with Gasteiger partial charge in [0.1, 0.15) is 5.92 Å². The Balaban J connectivity index is 2.55. The lowest BCUT2D eigenvalue weighted by Gasteiger charge is -2.16. The molecule has 0 bridgehead atoms. The monoisotopic (exact) mass is 229 g/mol. The summed E-state index contributed by atoms with van der Waals surface area (Å²) >= 11 is 0. The highest BCUT2D eigenvalue weighted by molar-refractivity contribution is 5.80. The van der Waals surface area contributed by atoms with Crippen molar-refractivity contribution in [2.75, 3.05) is 0 Å². The fourth-order valence-corrected chi connectivity index (χ4v) is 2.10. The number of nitrogens with zero attached hydrogens (tertiary/aromatic N) is 1. The minimum atomic E-state index is -0.818. The number of benzene rings is 1. The van der Waals surface area contributed by atoms with Crippen LogP contribution in [0.2, 0.25) is 0 Å². The molecule has 1 aromatic carbocycles. The number of hydrogen-bond acceptors (Lipinski definition) is 1. The highest BCUT2D eigenvalue weighted by Crippen LogP contribution is 2.27. The maximum absolute atomic E-state index is 11.5. The van der Waals surface area contributed by atoms with Crippen molar-refractivity contribution in [2.45, 2.75) is 12.8 Å². The van der Waals surface area contributed by atoms with Gasteiger partial charge in [-0.25, -0.2) is 0 Å². The molecule has 1 atom stereocenters. The van der Waals surface area contributed by atoms with E-state index in [4.69, 9.17) is 0 Å². The number of aliphatic carboxylic acids is 1. The van der Waals surface area contributed by atoms with E-state index in [-0.39, 0.29) is 0 Å². The Morgan fingerprint density at radius 2 is 1.94 bits per heavy atom. The third-order valence-corrected chi connectivity index (χ3v) is 3.03. The van der Waals surface area contributed by atoms with Gasteiger partial charge in [0.2, 0.25) is 0 Å². The van der Waals surface area contributed by atoms with Crippen LogP contribution >= 0.6 is 0 Å². The number of rotatable bonds is 3. The second-order valence-electron chi connectivity index (χ2n) is 4.17. The van der Waals surface area contributed by atoms with Gasteiger partial charge < -0.3 is 9.67 Å². The summed E-state index contributed by atoms with van der Waals surface area (Å²) in [4.78, 5) is 11.5. The van der Waals surface area contributed by atoms with Crippen LogP contribution in [0.5, 0.6) is 0 Å². The molecule has 0 amide bonds. The molecule has 3 nitrogen and oxygen atoms in total. The standard InChI is InChI=1S/C14H15NO2/c1-10-6-3-4-7-11(10)13(14(16)17)12-8-5-9-15(12)2/h3-9,13H,1-2H3,(H,16,17). The van der Waals surface area contributed by atoms with Crippen LogP contribution in [0.4, 0.5) is 0 Å². The van der Waals surface area contributed by atoms with Gasteiger partial charge in [-0.1, -0.05) is 24.3 Å². The third kappa shape index (κ3) is 2.09. The zero-order valence-electron chi connectivity index (χ0n) is 9.92. The van der Waals surface area contributed by atoms with Crippen molar-refractivity contribution in [2.24, 2.45) is 7.05 Å². The Kier molecular flexibility index (Phi) is 3.00. The van der Waals surface area contributed by atoms with Gasteiger partial charge in [0.25, 0.3) is 0 Å². The number of aryl methyl sites for hydroxylation is 2. The van der Waals surface area contributed by atoms with Crippen LogP contribution in [0.15, 0.2) is 42.6 Å². The van der Waals surface area contributed by atoms with Gasteiger partial charge >= 0.3 is 5.97 Å². The Morgan fingerprint density at radius 1 is 1.24 bits per heavy atom. The van der Waals surface area contributed by atoms with Crippen LogP contribution in [0.3, 0.4) is 0 Å². The molecule has 1 heterocycles. The average Bonchev–Trinajstić information content (AvgIpc) is 2.68. The summed E-state index contributed by atoms with van der Waals surface area (Å²) in [5, 5.41) is 9.43. The van der Waals surface area contributed by atoms with E-state index >= 15 is 0 Å². The molecule has 0 fully saturated rings. The molecule has 0 aliphatic rings. The van der Waals surface area contributed by atoms with Crippen molar-refractivity contribution in [3.8, 4) is 0 Å². The van der Waals surface area contributed by atoms with Gasteiger partial charge in [-0.2, -0.15) is 0 Å². The number of aromatic nitrogens is 1. The molecule has 88 valence electrons. The van der Waals surface area contributed by atoms with Gasteiger partial charge in [0, 0.05) is 18.9 Å². The molecule has 17 heavy (non-hydrogen) atoms. The van der Waals surface area contributed by atoms with Gasteiger partial charge in [-0.15, -0.1) is 0 Å². The molecule has 0 saturated heterocycles. The molecule has 1 N–H and O–H groups in total. The molecule has 1 aromatic heterocycles. The average molecular weight is 229 g/mol. The van der Waals surface area contributed by atoms with Crippen molar-refractivity contribution in [3.63, 3.8) is 0 Å². The second kappa shape index (κ2) is 4.45. The minimum absolute atomic E-state index is 0.601. The zero-order chi connectivity index (χ0) is 12.4. The third-order valence-electron chi connectivity index (χ3n) is 3.03. The van der Waals surface area contributed by atoms with E-state index in [1.54, 1.807) is 0 Å². The molecule has 1 unspecified atom stereocenters. The van der Waals surface area contributed by atoms with Crippen molar-refractivity contribution in [1.29, 1.82) is 0 Å². The number of carbonyl (C=O) groups is 1. The predicted octanol–water partition coefficient (Wildman–Crippen LogP) is 2.55. The largest absolute Gasteiger partial charge is 0.480 e. The first-order valence-electron chi connectivity index (χ1n) is 5.51. The first-order valence-corrected chi connectivity index (χ1v) is 5.51. The van der Waals surface area contributed by atoms with Crippen molar-refractivity contribution < 1.29 is 9.90 Å². The van der Waals surface area contributed by atoms with E-state index in [9.17, 15) is 9.90 Å². The van der Waals surface area contributed by atoms with Crippen molar-refractivity contribution in [1.82, 2.24) is 4.57 Å². The second-order valence-corrected chi connectivity index (χ2v) is 4.17. The van der Waals surface area contributed by atoms with Crippen molar-refractivity contribution >= 4 is 5.97 Å². The SMILES string of the molecule is Cc1ccccc1C(C(=O)O)c1cccn1C. The molecule has 2 rings (SSSR count). The van der Waals surface area contributed by atoms with E-state index in [1.807, 2.05) is 61.1 Å². The molecule has 0 spiro atoms. The van der Waals surface area contributed by atoms with Gasteiger partial charge in [0.05, 0.1) is 0 Å². The molecular formula is C14H15NO2. The van der Waals surface area contributed by atoms with Crippen LogP contribution in [0.1, 0.15) is 22.7 Å². The normalized spacial score (nSPS) is 12.4. The molecule has 3 heteroatoms. The summed E-state index contributed by atoms with van der Waals surface area (Å²) in [6, 6.07) is 11.3. The fourth-order valence-electron chi connectivity index (χ4n) is 2.10. The smallest absolute Gasteiger partial charge is 0.317 e. The summed E-state index contributed by atoms with van der Waals surface area (Å²) in [6.07, 6.45) is 1.86. The highest BCUT2D eigenvalue weighted by atomic mass is 16.4. The van der Waals surface area contributed by atoms with Crippen LogP contribution in [-0.2, 0) is 11.8 Å². The highest BCUT2D eigenvalue weighted by Gasteiger charge is 2.25. The van der Waals surface area contributed by atoms with E-state index in [2.05, 4.69) is 0 Å². The molecular weight excluding hydrogens is 214 g/mol. The topological polar surface area (TPSA) is 42.2 Å². The van der Waals surface area contributed by atoms with Crippen LogP contribution < -0.4 is 0 Å². The summed E-state index contributed by atoms with van der Waals surface area (Å²) in [6.45, 7) is 1.94. The molecule has 0 aliphatic carbocycles. The molecule has 0 aliphatic heterocycles. The molecule has 0 saturated carbocycles. The number of carboxylic acid groups (broad SMARTS) is 1. The molecule has 0 radical (unpaired) electrons. The minimum Gasteiger partial charge on any atom is -0.480 e. The number of hydrogen-bond donors (Lipinski definition) is 1. The number of carboxylic acids is 1. The first-order chi connectivity index (χ1) is 8.11. The lowest BCUT2D eigenvalue weighted by molar-refractivity contribution is -0.137. The van der Waals surface area contributed by atoms with E-state index < -0.39 is 11.9 Å². The summed E-state index contributed by atoms with van der Waals surface area (Å²) < 4.78 is 1.85. The van der Waals surface area contributed by atoms with E-state index in [0.29, 0.717) is 0 Å². The lowest BCUT2D eigenvalue weighted by atomic mass is 9.92. The zero-order valence-corrected chi connectivity index (χ0v) is 9.92.